The minimum absolute atomic E-state index is 0.0742. The summed E-state index contributed by atoms with van der Waals surface area (Å²) in [5.41, 5.74) is 3.58. The van der Waals surface area contributed by atoms with Gasteiger partial charge in [0.2, 0.25) is 5.95 Å². The lowest BCUT2D eigenvalue weighted by atomic mass is 10.1. The monoisotopic (exact) mass is 372 g/mol. The topological polar surface area (TPSA) is 80.0 Å². The second kappa shape index (κ2) is 7.15. The molecular weight excluding hydrogens is 352 g/mol. The molecule has 28 heavy (non-hydrogen) atoms. The molecule has 4 rings (SSSR count). The molecule has 0 fully saturated rings. The maximum Gasteiger partial charge on any atom is 0.260 e. The van der Waals surface area contributed by atoms with Gasteiger partial charge in [0.05, 0.1) is 5.69 Å². The predicted molar refractivity (Wildman–Crippen MR) is 111 cm³/mol. The Morgan fingerprint density at radius 2 is 1.75 bits per heavy atom. The van der Waals surface area contributed by atoms with E-state index >= 15 is 0 Å². The predicted octanol–water partition coefficient (Wildman–Crippen LogP) is 4.24. The summed E-state index contributed by atoms with van der Waals surface area (Å²) in [6, 6.07) is 18.2. The van der Waals surface area contributed by atoms with Gasteiger partial charge in [0, 0.05) is 23.2 Å². The first-order chi connectivity index (χ1) is 13.6. The first kappa shape index (κ1) is 17.7. The van der Waals surface area contributed by atoms with Gasteiger partial charge < -0.3 is 10.4 Å². The molecule has 140 valence electrons. The van der Waals surface area contributed by atoms with Crippen molar-refractivity contribution in [2.75, 3.05) is 5.32 Å². The Morgan fingerprint density at radius 1 is 1.04 bits per heavy atom. The van der Waals surface area contributed by atoms with E-state index in [1.54, 1.807) is 28.8 Å². The maximum atomic E-state index is 13.1. The highest BCUT2D eigenvalue weighted by Crippen LogP contribution is 2.24. The third-order valence-electron chi connectivity index (χ3n) is 4.66. The van der Waals surface area contributed by atoms with Crippen molar-refractivity contribution in [1.29, 1.82) is 0 Å². The molecule has 0 aliphatic heterocycles. The zero-order valence-corrected chi connectivity index (χ0v) is 15.7. The largest absolute Gasteiger partial charge is 0.508 e. The van der Waals surface area contributed by atoms with Gasteiger partial charge in [-0.3, -0.25) is 9.36 Å². The van der Waals surface area contributed by atoms with Crippen LogP contribution in [0.1, 0.15) is 12.6 Å². The molecule has 0 radical (unpaired) electrons. The van der Waals surface area contributed by atoms with Gasteiger partial charge in [-0.2, -0.15) is 4.98 Å². The third-order valence-corrected chi connectivity index (χ3v) is 4.66. The number of aromatic hydroxyl groups is 1. The van der Waals surface area contributed by atoms with Crippen LogP contribution in [0.3, 0.4) is 0 Å². The summed E-state index contributed by atoms with van der Waals surface area (Å²) in [4.78, 5) is 22.2. The highest BCUT2D eigenvalue weighted by Gasteiger charge is 2.14. The number of hydrogen-bond acceptors (Lipinski definition) is 5. The summed E-state index contributed by atoms with van der Waals surface area (Å²) in [5, 5.41) is 13.4. The lowest BCUT2D eigenvalue weighted by Crippen LogP contribution is -2.22. The lowest BCUT2D eigenvalue weighted by molar-refractivity contribution is 0.475. The van der Waals surface area contributed by atoms with Crippen LogP contribution >= 0.6 is 0 Å². The molecule has 0 amide bonds. The molecule has 0 unspecified atom stereocenters. The number of rotatable bonds is 4. The fourth-order valence-electron chi connectivity index (χ4n) is 3.24. The molecule has 0 saturated heterocycles. The van der Waals surface area contributed by atoms with E-state index in [2.05, 4.69) is 15.3 Å². The molecule has 0 aliphatic rings. The van der Waals surface area contributed by atoms with Crippen LogP contribution in [-0.4, -0.2) is 19.6 Å². The average molecular weight is 372 g/mol. The molecule has 0 spiro atoms. The number of nitrogens with zero attached hydrogens (tertiary/aromatic N) is 3. The molecule has 2 N–H and O–H groups in total. The van der Waals surface area contributed by atoms with Gasteiger partial charge in [-0.25, -0.2) is 4.98 Å². The molecule has 0 bridgehead atoms. The molecule has 2 heterocycles. The fourth-order valence-corrected chi connectivity index (χ4v) is 3.24. The van der Waals surface area contributed by atoms with Crippen molar-refractivity contribution < 1.29 is 5.11 Å². The van der Waals surface area contributed by atoms with Crippen molar-refractivity contribution in [3.63, 3.8) is 0 Å². The van der Waals surface area contributed by atoms with Crippen LogP contribution in [0.15, 0.2) is 65.5 Å². The van der Waals surface area contributed by atoms with Crippen LogP contribution in [0.25, 0.3) is 22.2 Å². The van der Waals surface area contributed by atoms with Crippen LogP contribution in [0.4, 0.5) is 11.6 Å². The number of phenols is 1. The fraction of sp³-hybridized carbons (Fsp3) is 0.136. The second-order valence-corrected chi connectivity index (χ2v) is 6.52. The normalized spacial score (nSPS) is 10.9. The average Bonchev–Trinajstić information content (AvgIpc) is 2.70. The van der Waals surface area contributed by atoms with Crippen molar-refractivity contribution in [1.82, 2.24) is 14.5 Å². The molecule has 0 atom stereocenters. The lowest BCUT2D eigenvalue weighted by Gasteiger charge is -2.14. The zero-order chi connectivity index (χ0) is 19.7. The Bertz CT molecular complexity index is 1200. The highest BCUT2D eigenvalue weighted by atomic mass is 16.3. The van der Waals surface area contributed by atoms with E-state index in [0.717, 1.165) is 22.3 Å². The van der Waals surface area contributed by atoms with Crippen molar-refractivity contribution in [2.45, 2.75) is 20.4 Å². The van der Waals surface area contributed by atoms with E-state index in [1.807, 2.05) is 50.2 Å². The molecule has 2 aromatic carbocycles. The minimum atomic E-state index is -0.0742. The number of fused-ring (bicyclic) bond motifs is 1. The molecule has 4 aromatic rings. The third kappa shape index (κ3) is 3.20. The van der Waals surface area contributed by atoms with E-state index in [1.165, 1.54) is 0 Å². The van der Waals surface area contributed by atoms with Crippen molar-refractivity contribution >= 4 is 22.7 Å². The number of phenolic OH excluding ortho intramolecular Hbond substituents is 1. The van der Waals surface area contributed by atoms with Gasteiger partial charge in [-0.15, -0.1) is 0 Å². The molecule has 2 aromatic heterocycles. The van der Waals surface area contributed by atoms with Crippen LogP contribution < -0.4 is 10.9 Å². The highest BCUT2D eigenvalue weighted by molar-refractivity contribution is 5.84. The van der Waals surface area contributed by atoms with Crippen LogP contribution in [0.5, 0.6) is 5.75 Å². The van der Waals surface area contributed by atoms with Crippen molar-refractivity contribution in [3.8, 4) is 16.9 Å². The van der Waals surface area contributed by atoms with Gasteiger partial charge in [-0.05, 0) is 49.7 Å². The van der Waals surface area contributed by atoms with Crippen LogP contribution in [0.2, 0.25) is 0 Å². The minimum Gasteiger partial charge on any atom is -0.508 e. The molecule has 6 heteroatoms. The number of pyridine rings is 1. The summed E-state index contributed by atoms with van der Waals surface area (Å²) in [5.74, 6) is 0.596. The Morgan fingerprint density at radius 3 is 2.43 bits per heavy atom. The summed E-state index contributed by atoms with van der Waals surface area (Å²) in [6.07, 6.45) is 0. The molecule has 6 nitrogen and oxygen atoms in total. The van der Waals surface area contributed by atoms with Gasteiger partial charge in [0.1, 0.15) is 11.4 Å². The van der Waals surface area contributed by atoms with E-state index in [0.29, 0.717) is 23.7 Å². The molecular formula is C22H20N4O2. The van der Waals surface area contributed by atoms with Gasteiger partial charge in [0.15, 0.2) is 0 Å². The second-order valence-electron chi connectivity index (χ2n) is 6.52. The number of aryl methyl sites for hydroxylation is 2. The number of anilines is 2. The Labute approximate surface area is 162 Å². The first-order valence-corrected chi connectivity index (χ1v) is 9.10. The number of hydrogen-bond donors (Lipinski definition) is 2. The number of benzene rings is 2. The standard InChI is InChI=1S/C22H20N4O2/c1-3-26-20-18(13-19(21(26)28)15-7-5-4-6-8-15)14(2)23-22(25-20)24-16-9-11-17(27)12-10-16/h4-13,27H,3H2,1-2H3,(H,23,24,25). The number of aromatic nitrogens is 3. The Kier molecular flexibility index (Phi) is 4.53. The quantitative estimate of drug-likeness (QED) is 0.524. The first-order valence-electron chi connectivity index (χ1n) is 9.10. The van der Waals surface area contributed by atoms with Gasteiger partial charge >= 0.3 is 0 Å². The summed E-state index contributed by atoms with van der Waals surface area (Å²) in [7, 11) is 0. The van der Waals surface area contributed by atoms with Crippen molar-refractivity contribution in [2.24, 2.45) is 0 Å². The van der Waals surface area contributed by atoms with E-state index < -0.39 is 0 Å². The smallest absolute Gasteiger partial charge is 0.260 e. The maximum absolute atomic E-state index is 13.1. The zero-order valence-electron chi connectivity index (χ0n) is 15.7. The van der Waals surface area contributed by atoms with Crippen LogP contribution in [-0.2, 0) is 6.54 Å². The van der Waals surface area contributed by atoms with E-state index in [9.17, 15) is 9.90 Å². The van der Waals surface area contributed by atoms with Gasteiger partial charge in [-0.1, -0.05) is 30.3 Å². The Balaban J connectivity index is 1.88. The van der Waals surface area contributed by atoms with E-state index in [-0.39, 0.29) is 11.3 Å². The molecule has 0 aliphatic carbocycles. The van der Waals surface area contributed by atoms with Crippen molar-refractivity contribution in [3.05, 3.63) is 76.7 Å². The van der Waals surface area contributed by atoms with Crippen LogP contribution in [0, 0.1) is 6.92 Å². The van der Waals surface area contributed by atoms with E-state index in [4.69, 9.17) is 0 Å². The Hall–Kier alpha value is -3.67. The summed E-state index contributed by atoms with van der Waals surface area (Å²) < 4.78 is 1.67. The van der Waals surface area contributed by atoms with Gasteiger partial charge in [0.25, 0.3) is 5.56 Å². The SMILES string of the molecule is CCn1c(=O)c(-c2ccccc2)cc2c(C)nc(Nc3ccc(O)cc3)nc21. The number of nitrogens with one attached hydrogen (secondary N) is 1. The summed E-state index contributed by atoms with van der Waals surface area (Å²) in [6.45, 7) is 4.34. The summed E-state index contributed by atoms with van der Waals surface area (Å²) >= 11 is 0. The molecule has 0 saturated carbocycles.